The quantitative estimate of drug-likeness (QED) is 0.673. The first-order valence-electron chi connectivity index (χ1n) is 6.01. The van der Waals surface area contributed by atoms with Crippen LogP contribution in [0.4, 0.5) is 0 Å². The van der Waals surface area contributed by atoms with E-state index in [2.05, 4.69) is 24.3 Å². The van der Waals surface area contributed by atoms with Crippen LogP contribution in [-0.4, -0.2) is 5.78 Å². The molecular weight excluding hydrogens is 220 g/mol. The van der Waals surface area contributed by atoms with E-state index >= 15 is 0 Å². The highest BCUT2D eigenvalue weighted by Gasteiger charge is 2.24. The van der Waals surface area contributed by atoms with Gasteiger partial charge in [-0.15, -0.1) is 0 Å². The fourth-order valence-corrected chi connectivity index (χ4v) is 2.69. The molecule has 0 unspecified atom stereocenters. The van der Waals surface area contributed by atoms with Crippen molar-refractivity contribution in [3.05, 3.63) is 71.3 Å². The maximum Gasteiger partial charge on any atom is 0.186 e. The van der Waals surface area contributed by atoms with Gasteiger partial charge in [0.25, 0.3) is 0 Å². The number of hydrogen-bond donors (Lipinski definition) is 0. The smallest absolute Gasteiger partial charge is 0.186 e. The van der Waals surface area contributed by atoms with Crippen LogP contribution >= 0.6 is 0 Å². The zero-order chi connectivity index (χ0) is 12.1. The van der Waals surface area contributed by atoms with Crippen LogP contribution in [0.5, 0.6) is 0 Å². The molecule has 0 fully saturated rings. The number of ketones is 1. The summed E-state index contributed by atoms with van der Waals surface area (Å²) < 4.78 is 0. The Labute approximate surface area is 105 Å². The van der Waals surface area contributed by atoms with Crippen molar-refractivity contribution >= 4 is 28.2 Å². The molecule has 2 aliphatic rings. The zero-order valence-corrected chi connectivity index (χ0v) is 9.68. The lowest BCUT2D eigenvalue weighted by Gasteiger charge is -2.08. The standard InChI is InChI=1S/C17H10O/c18-17-7-3-6-14-15-9-12-5-2-1-4-11(12)8-13(15)10-16(14)17/h1-10H. The van der Waals surface area contributed by atoms with Gasteiger partial charge < -0.3 is 0 Å². The SMILES string of the molecule is O=C1C=CC=C2C1=Cc1cc3ccccc3cc12. The molecule has 0 atom stereocenters. The van der Waals surface area contributed by atoms with Gasteiger partial charge in [-0.2, -0.15) is 0 Å². The first-order chi connectivity index (χ1) is 8.83. The Bertz CT molecular complexity index is 788. The van der Waals surface area contributed by atoms with Crippen molar-refractivity contribution in [2.24, 2.45) is 0 Å². The van der Waals surface area contributed by atoms with E-state index in [-0.39, 0.29) is 5.78 Å². The number of fused-ring (bicyclic) bond motifs is 4. The Kier molecular flexibility index (Phi) is 1.76. The molecule has 2 aromatic rings. The summed E-state index contributed by atoms with van der Waals surface area (Å²) in [6.45, 7) is 0. The number of carbonyl (C=O) groups is 1. The second kappa shape index (κ2) is 3.30. The summed E-state index contributed by atoms with van der Waals surface area (Å²) >= 11 is 0. The third kappa shape index (κ3) is 1.19. The molecule has 0 spiro atoms. The molecule has 0 bridgehead atoms. The van der Waals surface area contributed by atoms with Gasteiger partial charge in [0.15, 0.2) is 5.78 Å². The molecule has 2 aromatic carbocycles. The molecule has 84 valence electrons. The van der Waals surface area contributed by atoms with E-state index in [1.165, 1.54) is 16.3 Å². The molecule has 18 heavy (non-hydrogen) atoms. The van der Waals surface area contributed by atoms with Crippen LogP contribution < -0.4 is 0 Å². The number of hydrogen-bond acceptors (Lipinski definition) is 1. The highest BCUT2D eigenvalue weighted by molar-refractivity contribution is 6.24. The van der Waals surface area contributed by atoms with E-state index in [0.29, 0.717) is 0 Å². The van der Waals surface area contributed by atoms with Crippen molar-refractivity contribution in [1.29, 1.82) is 0 Å². The van der Waals surface area contributed by atoms with E-state index < -0.39 is 0 Å². The monoisotopic (exact) mass is 230 g/mol. The summed E-state index contributed by atoms with van der Waals surface area (Å²) in [7, 11) is 0. The summed E-state index contributed by atoms with van der Waals surface area (Å²) in [5, 5.41) is 2.43. The minimum atomic E-state index is 0.104. The molecule has 0 saturated heterocycles. The molecule has 0 aliphatic heterocycles. The average Bonchev–Trinajstić information content (AvgIpc) is 2.76. The van der Waals surface area contributed by atoms with Gasteiger partial charge in [-0.25, -0.2) is 0 Å². The van der Waals surface area contributed by atoms with Crippen molar-refractivity contribution in [1.82, 2.24) is 0 Å². The average molecular weight is 230 g/mol. The molecule has 0 aromatic heterocycles. The van der Waals surface area contributed by atoms with E-state index in [1.54, 1.807) is 6.08 Å². The van der Waals surface area contributed by atoms with Gasteiger partial charge in [0, 0.05) is 5.57 Å². The zero-order valence-electron chi connectivity index (χ0n) is 9.68. The topological polar surface area (TPSA) is 17.1 Å². The van der Waals surface area contributed by atoms with Gasteiger partial charge in [-0.1, -0.05) is 36.4 Å². The van der Waals surface area contributed by atoms with Crippen LogP contribution in [0.15, 0.2) is 60.2 Å². The summed E-state index contributed by atoms with van der Waals surface area (Å²) in [6, 6.07) is 12.6. The second-order valence-electron chi connectivity index (χ2n) is 4.65. The van der Waals surface area contributed by atoms with Crippen molar-refractivity contribution in [3.8, 4) is 0 Å². The summed E-state index contributed by atoms with van der Waals surface area (Å²) in [6.07, 6.45) is 7.48. The summed E-state index contributed by atoms with van der Waals surface area (Å²) in [5.74, 6) is 0.104. The Balaban J connectivity index is 2.05. The summed E-state index contributed by atoms with van der Waals surface area (Å²) in [5.41, 5.74) is 4.19. The van der Waals surface area contributed by atoms with Crippen LogP contribution in [0.1, 0.15) is 11.1 Å². The van der Waals surface area contributed by atoms with Crippen LogP contribution in [0.2, 0.25) is 0 Å². The lowest BCUT2D eigenvalue weighted by atomic mass is 9.95. The minimum absolute atomic E-state index is 0.104. The molecule has 2 aliphatic carbocycles. The fourth-order valence-electron chi connectivity index (χ4n) is 2.69. The molecule has 1 heteroatoms. The number of rotatable bonds is 0. The van der Waals surface area contributed by atoms with Crippen LogP contribution in [0.25, 0.3) is 22.4 Å². The molecule has 0 heterocycles. The maximum atomic E-state index is 11.8. The van der Waals surface area contributed by atoms with Gasteiger partial charge in [0.1, 0.15) is 0 Å². The van der Waals surface area contributed by atoms with Crippen LogP contribution in [0, 0.1) is 0 Å². The Hall–Kier alpha value is -2.41. The van der Waals surface area contributed by atoms with Crippen molar-refractivity contribution in [2.45, 2.75) is 0 Å². The predicted molar refractivity (Wildman–Crippen MR) is 74.0 cm³/mol. The van der Waals surface area contributed by atoms with Crippen LogP contribution in [-0.2, 0) is 4.79 Å². The molecule has 0 saturated carbocycles. The molecule has 4 rings (SSSR count). The maximum absolute atomic E-state index is 11.8. The van der Waals surface area contributed by atoms with Crippen molar-refractivity contribution in [2.75, 3.05) is 0 Å². The predicted octanol–water partition coefficient (Wildman–Crippen LogP) is 3.76. The van der Waals surface area contributed by atoms with E-state index in [1.807, 2.05) is 30.4 Å². The first kappa shape index (κ1) is 9.60. The molecule has 0 amide bonds. The summed E-state index contributed by atoms with van der Waals surface area (Å²) in [4.78, 5) is 11.8. The van der Waals surface area contributed by atoms with Crippen molar-refractivity contribution in [3.63, 3.8) is 0 Å². The molecule has 1 nitrogen and oxygen atoms in total. The fraction of sp³-hybridized carbons (Fsp3) is 0. The van der Waals surface area contributed by atoms with E-state index in [0.717, 1.165) is 16.7 Å². The Morgan fingerprint density at radius 1 is 0.889 bits per heavy atom. The third-order valence-corrected chi connectivity index (χ3v) is 3.57. The number of benzene rings is 2. The van der Waals surface area contributed by atoms with Crippen LogP contribution in [0.3, 0.4) is 0 Å². The lowest BCUT2D eigenvalue weighted by Crippen LogP contribution is -2.00. The highest BCUT2D eigenvalue weighted by Crippen LogP contribution is 2.39. The highest BCUT2D eigenvalue weighted by atomic mass is 16.1. The Morgan fingerprint density at radius 2 is 1.67 bits per heavy atom. The minimum Gasteiger partial charge on any atom is -0.289 e. The normalized spacial score (nSPS) is 16.3. The van der Waals surface area contributed by atoms with Gasteiger partial charge in [0.2, 0.25) is 0 Å². The second-order valence-corrected chi connectivity index (χ2v) is 4.65. The Morgan fingerprint density at radius 3 is 2.50 bits per heavy atom. The van der Waals surface area contributed by atoms with E-state index in [9.17, 15) is 4.79 Å². The number of carbonyl (C=O) groups excluding carboxylic acids is 1. The van der Waals surface area contributed by atoms with E-state index in [4.69, 9.17) is 0 Å². The number of allylic oxidation sites excluding steroid dienone is 5. The first-order valence-corrected chi connectivity index (χ1v) is 6.01. The van der Waals surface area contributed by atoms with Gasteiger partial charge in [-0.3, -0.25) is 4.79 Å². The van der Waals surface area contributed by atoms with Crippen molar-refractivity contribution < 1.29 is 4.79 Å². The van der Waals surface area contributed by atoms with Gasteiger partial charge in [0.05, 0.1) is 0 Å². The lowest BCUT2D eigenvalue weighted by molar-refractivity contribution is -0.110. The molecule has 0 N–H and O–H groups in total. The van der Waals surface area contributed by atoms with Gasteiger partial charge >= 0.3 is 0 Å². The molecule has 0 radical (unpaired) electrons. The third-order valence-electron chi connectivity index (χ3n) is 3.57. The molecular formula is C17H10O. The largest absolute Gasteiger partial charge is 0.289 e. The van der Waals surface area contributed by atoms with Gasteiger partial charge in [-0.05, 0) is 51.8 Å².